The maximum Gasteiger partial charge on any atom is 0.255 e. The van der Waals surface area contributed by atoms with E-state index in [-0.39, 0.29) is 17.7 Å². The topological polar surface area (TPSA) is 90.3 Å². The normalized spacial score (nSPS) is 13.8. The van der Waals surface area contributed by atoms with Crippen molar-refractivity contribution < 1.29 is 14.4 Å². The van der Waals surface area contributed by atoms with Gasteiger partial charge in [-0.15, -0.1) is 0 Å². The summed E-state index contributed by atoms with van der Waals surface area (Å²) in [5, 5.41) is 2.78. The third-order valence-corrected chi connectivity index (χ3v) is 6.08. The van der Waals surface area contributed by atoms with E-state index in [1.165, 1.54) is 6.92 Å². The van der Waals surface area contributed by atoms with Gasteiger partial charge in [0.2, 0.25) is 11.8 Å². The number of amides is 3. The minimum Gasteiger partial charge on any atom is -0.355 e. The number of aryl methyl sites for hydroxylation is 1. The Hall–Kier alpha value is -3.88. The summed E-state index contributed by atoms with van der Waals surface area (Å²) in [7, 11) is 1.99. The van der Waals surface area contributed by atoms with Crippen LogP contribution in [0, 0.1) is 6.92 Å². The number of nitrogens with zero attached hydrogens (tertiary/aromatic N) is 5. The standard InChI is InChI=1S/C25H30N6O3/c1-17-24(28(4)15-20-5-8-22(9-6-20)27-18(2)32)31-16-21(7-10-23(31)26-17)25(34)30-13-11-29(12-14-30)19(3)33/h5-10,16H,11-15H2,1-4H3,(H,27,32). The van der Waals surface area contributed by atoms with Crippen LogP contribution in [0.4, 0.5) is 11.5 Å². The van der Waals surface area contributed by atoms with Crippen molar-refractivity contribution in [2.45, 2.75) is 27.3 Å². The third kappa shape index (κ3) is 4.88. The number of carbonyl (C=O) groups is 3. The molecule has 34 heavy (non-hydrogen) atoms. The molecule has 3 aromatic rings. The molecular formula is C25H30N6O3. The molecule has 9 nitrogen and oxygen atoms in total. The highest BCUT2D eigenvalue weighted by Gasteiger charge is 2.24. The number of hydrogen-bond donors (Lipinski definition) is 1. The van der Waals surface area contributed by atoms with Crippen molar-refractivity contribution in [3.05, 3.63) is 59.4 Å². The fourth-order valence-electron chi connectivity index (χ4n) is 4.39. The molecule has 0 spiro atoms. The van der Waals surface area contributed by atoms with Crippen molar-refractivity contribution in [2.75, 3.05) is 43.4 Å². The van der Waals surface area contributed by atoms with Crippen LogP contribution < -0.4 is 10.2 Å². The molecule has 9 heteroatoms. The molecule has 3 heterocycles. The van der Waals surface area contributed by atoms with Crippen molar-refractivity contribution in [1.29, 1.82) is 0 Å². The first-order valence-electron chi connectivity index (χ1n) is 11.3. The zero-order valence-corrected chi connectivity index (χ0v) is 20.0. The lowest BCUT2D eigenvalue weighted by Crippen LogP contribution is -2.50. The Balaban J connectivity index is 1.53. The molecule has 0 aliphatic carbocycles. The largest absolute Gasteiger partial charge is 0.355 e. The smallest absolute Gasteiger partial charge is 0.255 e. The minimum absolute atomic E-state index is 0.0415. The number of nitrogens with one attached hydrogen (secondary N) is 1. The van der Waals surface area contributed by atoms with Crippen molar-refractivity contribution in [2.24, 2.45) is 0 Å². The van der Waals surface area contributed by atoms with Gasteiger partial charge in [0, 0.05) is 65.5 Å². The molecule has 0 bridgehead atoms. The molecule has 0 saturated carbocycles. The van der Waals surface area contributed by atoms with E-state index in [4.69, 9.17) is 0 Å². The van der Waals surface area contributed by atoms with Crippen molar-refractivity contribution >= 4 is 34.9 Å². The summed E-state index contributed by atoms with van der Waals surface area (Å²) in [6.07, 6.45) is 1.85. The lowest BCUT2D eigenvalue weighted by molar-refractivity contribution is -0.130. The van der Waals surface area contributed by atoms with Gasteiger partial charge >= 0.3 is 0 Å². The first kappa shape index (κ1) is 23.3. The first-order valence-corrected chi connectivity index (χ1v) is 11.3. The van der Waals surface area contributed by atoms with Gasteiger partial charge in [-0.1, -0.05) is 12.1 Å². The molecule has 3 amide bonds. The van der Waals surface area contributed by atoms with Crippen molar-refractivity contribution in [1.82, 2.24) is 19.2 Å². The van der Waals surface area contributed by atoms with Gasteiger partial charge in [-0.25, -0.2) is 4.98 Å². The number of imidazole rings is 1. The highest BCUT2D eigenvalue weighted by Crippen LogP contribution is 2.24. The van der Waals surface area contributed by atoms with E-state index in [1.807, 2.05) is 61.0 Å². The zero-order chi connectivity index (χ0) is 24.4. The average molecular weight is 463 g/mol. The second-order valence-corrected chi connectivity index (χ2v) is 8.70. The maximum atomic E-state index is 13.2. The fraction of sp³-hybridized carbons (Fsp3) is 0.360. The number of pyridine rings is 1. The monoisotopic (exact) mass is 462 g/mol. The molecular weight excluding hydrogens is 432 g/mol. The van der Waals surface area contributed by atoms with Gasteiger partial charge in [0.1, 0.15) is 11.5 Å². The molecule has 1 saturated heterocycles. The number of fused-ring (bicyclic) bond motifs is 1. The third-order valence-electron chi connectivity index (χ3n) is 6.08. The highest BCUT2D eigenvalue weighted by atomic mass is 16.2. The lowest BCUT2D eigenvalue weighted by atomic mass is 10.2. The quantitative estimate of drug-likeness (QED) is 0.629. The Morgan fingerprint density at radius 2 is 1.62 bits per heavy atom. The van der Waals surface area contributed by atoms with Gasteiger partial charge in [-0.05, 0) is 36.8 Å². The molecule has 2 aromatic heterocycles. The number of benzene rings is 1. The van der Waals surface area contributed by atoms with E-state index >= 15 is 0 Å². The maximum absolute atomic E-state index is 13.2. The van der Waals surface area contributed by atoms with Crippen LogP contribution in [0.1, 0.15) is 35.5 Å². The van der Waals surface area contributed by atoms with Gasteiger partial charge < -0.3 is 20.0 Å². The van der Waals surface area contributed by atoms with Gasteiger partial charge in [0.25, 0.3) is 5.91 Å². The van der Waals surface area contributed by atoms with Crippen LogP contribution in [0.25, 0.3) is 5.65 Å². The van der Waals surface area contributed by atoms with E-state index in [0.717, 1.165) is 28.4 Å². The van der Waals surface area contributed by atoms with Crippen LogP contribution >= 0.6 is 0 Å². The van der Waals surface area contributed by atoms with Crippen LogP contribution in [0.2, 0.25) is 0 Å². The highest BCUT2D eigenvalue weighted by molar-refractivity contribution is 5.94. The molecule has 1 aliphatic heterocycles. The second kappa shape index (κ2) is 9.54. The lowest BCUT2D eigenvalue weighted by Gasteiger charge is -2.34. The summed E-state index contributed by atoms with van der Waals surface area (Å²) in [6.45, 7) is 7.82. The Kier molecular flexibility index (Phi) is 6.54. The molecule has 0 unspecified atom stereocenters. The fourth-order valence-corrected chi connectivity index (χ4v) is 4.39. The van der Waals surface area contributed by atoms with Gasteiger partial charge in [0.15, 0.2) is 0 Å². The number of hydrogen-bond acceptors (Lipinski definition) is 5. The number of rotatable bonds is 5. The van der Waals surface area contributed by atoms with Crippen molar-refractivity contribution in [3.8, 4) is 0 Å². The summed E-state index contributed by atoms with van der Waals surface area (Å²) >= 11 is 0. The second-order valence-electron chi connectivity index (χ2n) is 8.70. The molecule has 178 valence electrons. The Bertz CT molecular complexity index is 1230. The van der Waals surface area contributed by atoms with E-state index in [2.05, 4.69) is 15.2 Å². The minimum atomic E-state index is -0.0997. The van der Waals surface area contributed by atoms with Crippen LogP contribution in [0.15, 0.2) is 42.6 Å². The van der Waals surface area contributed by atoms with E-state index < -0.39 is 0 Å². The Morgan fingerprint density at radius 3 is 2.24 bits per heavy atom. The van der Waals surface area contributed by atoms with E-state index in [0.29, 0.717) is 38.3 Å². The van der Waals surface area contributed by atoms with E-state index in [9.17, 15) is 14.4 Å². The molecule has 1 fully saturated rings. The van der Waals surface area contributed by atoms with Crippen LogP contribution in [-0.2, 0) is 16.1 Å². The summed E-state index contributed by atoms with van der Waals surface area (Å²) in [5.41, 5.74) is 4.09. The van der Waals surface area contributed by atoms with Crippen molar-refractivity contribution in [3.63, 3.8) is 0 Å². The summed E-state index contributed by atoms with van der Waals surface area (Å²) in [6, 6.07) is 11.4. The number of carbonyl (C=O) groups excluding carboxylic acids is 3. The Labute approximate surface area is 199 Å². The number of anilines is 2. The van der Waals surface area contributed by atoms with Crippen LogP contribution in [0.3, 0.4) is 0 Å². The van der Waals surface area contributed by atoms with Crippen LogP contribution in [-0.4, -0.2) is 70.1 Å². The summed E-state index contributed by atoms with van der Waals surface area (Å²) in [5.74, 6) is 0.813. The molecule has 1 aliphatic rings. The van der Waals surface area contributed by atoms with Gasteiger partial charge in [-0.2, -0.15) is 0 Å². The SMILES string of the molecule is CC(=O)Nc1ccc(CN(C)c2c(C)nc3ccc(C(=O)N4CCN(C(C)=O)CC4)cn23)cc1. The predicted molar refractivity (Wildman–Crippen MR) is 131 cm³/mol. The Morgan fingerprint density at radius 1 is 0.971 bits per heavy atom. The molecule has 1 aromatic carbocycles. The molecule has 4 rings (SSSR count). The molecule has 0 atom stereocenters. The first-order chi connectivity index (χ1) is 16.2. The molecule has 1 N–H and O–H groups in total. The van der Waals surface area contributed by atoms with Gasteiger partial charge in [0.05, 0.1) is 11.3 Å². The number of aromatic nitrogens is 2. The predicted octanol–water partition coefficient (Wildman–Crippen LogP) is 2.54. The van der Waals surface area contributed by atoms with Crippen LogP contribution in [0.5, 0.6) is 0 Å². The summed E-state index contributed by atoms with van der Waals surface area (Å²) in [4.78, 5) is 46.3. The van der Waals surface area contributed by atoms with Gasteiger partial charge in [-0.3, -0.25) is 18.8 Å². The average Bonchev–Trinajstić information content (AvgIpc) is 3.14. The number of piperazine rings is 1. The zero-order valence-electron chi connectivity index (χ0n) is 20.0. The van der Waals surface area contributed by atoms with E-state index in [1.54, 1.807) is 16.7 Å². The summed E-state index contributed by atoms with van der Waals surface area (Å²) < 4.78 is 1.96. The molecule has 0 radical (unpaired) electrons.